The van der Waals surface area contributed by atoms with E-state index >= 15 is 0 Å². The number of unbranched alkanes of at least 4 members (excludes halogenated alkanes) is 26. The maximum Gasteiger partial charge on any atom is 0.220 e. The first-order chi connectivity index (χ1) is 24.8. The summed E-state index contributed by atoms with van der Waals surface area (Å²) in [5.41, 5.74) is 0. The molecule has 1 heterocycles. The van der Waals surface area contributed by atoms with Crippen molar-refractivity contribution in [3.8, 4) is 0 Å². The highest BCUT2D eigenvalue weighted by Crippen LogP contribution is 2.23. The van der Waals surface area contributed by atoms with Gasteiger partial charge in [-0.3, -0.25) is 4.79 Å². The maximum absolute atomic E-state index is 12.5. The minimum atomic E-state index is -1.54. The summed E-state index contributed by atoms with van der Waals surface area (Å²) in [6.07, 6.45) is 29.7. The largest absolute Gasteiger partial charge is 0.394 e. The van der Waals surface area contributed by atoms with Crippen molar-refractivity contribution in [2.24, 2.45) is 0 Å². The molecule has 7 atom stereocenters. The zero-order valence-electron chi connectivity index (χ0n) is 33.1. The molecule has 1 aliphatic heterocycles. The van der Waals surface area contributed by atoms with Crippen molar-refractivity contribution in [3.05, 3.63) is 0 Å². The van der Waals surface area contributed by atoms with E-state index in [1.807, 2.05) is 6.92 Å². The monoisotopic (exact) mass is 730 g/mol. The van der Waals surface area contributed by atoms with Gasteiger partial charge in [-0.25, -0.2) is 0 Å². The molecule has 0 aliphatic carbocycles. The van der Waals surface area contributed by atoms with Gasteiger partial charge in [0, 0.05) is 6.42 Å². The van der Waals surface area contributed by atoms with Gasteiger partial charge in [-0.1, -0.05) is 187 Å². The SMILES string of the molecule is CCCCCCCCCCCCCCCCCCCCCCCCCCCCC(O)C(COC1OC(CO)C(O)C(O)C1O)NC(=O)CCCC. The summed E-state index contributed by atoms with van der Waals surface area (Å²) in [4.78, 5) is 12.5. The number of aliphatic hydroxyl groups is 5. The molecule has 0 aromatic rings. The van der Waals surface area contributed by atoms with E-state index in [4.69, 9.17) is 9.47 Å². The number of hydrogen-bond donors (Lipinski definition) is 6. The van der Waals surface area contributed by atoms with E-state index in [0.29, 0.717) is 12.8 Å². The smallest absolute Gasteiger partial charge is 0.220 e. The van der Waals surface area contributed by atoms with E-state index in [1.165, 1.54) is 148 Å². The van der Waals surface area contributed by atoms with Crippen LogP contribution in [0, 0.1) is 0 Å². The van der Waals surface area contributed by atoms with Crippen LogP contribution in [0.1, 0.15) is 206 Å². The van der Waals surface area contributed by atoms with Crippen LogP contribution < -0.4 is 5.32 Å². The number of hydrogen-bond acceptors (Lipinski definition) is 8. The van der Waals surface area contributed by atoms with Crippen molar-refractivity contribution in [1.82, 2.24) is 5.32 Å². The molecule has 0 saturated carbocycles. The average Bonchev–Trinajstić information content (AvgIpc) is 3.13. The summed E-state index contributed by atoms with van der Waals surface area (Å²) < 4.78 is 11.1. The molecular formula is C42H83NO8. The van der Waals surface area contributed by atoms with Gasteiger partial charge in [-0.15, -0.1) is 0 Å². The van der Waals surface area contributed by atoms with Crippen LogP contribution >= 0.6 is 0 Å². The highest BCUT2D eigenvalue weighted by molar-refractivity contribution is 5.76. The van der Waals surface area contributed by atoms with Crippen molar-refractivity contribution in [2.75, 3.05) is 13.2 Å². The molecule has 0 spiro atoms. The number of amides is 1. The zero-order chi connectivity index (χ0) is 37.4. The second-order valence-electron chi connectivity index (χ2n) is 15.5. The number of carbonyl (C=O) groups excluding carboxylic acids is 1. The van der Waals surface area contributed by atoms with Gasteiger partial charge < -0.3 is 40.3 Å². The minimum Gasteiger partial charge on any atom is -0.394 e. The predicted molar refractivity (Wildman–Crippen MR) is 208 cm³/mol. The first-order valence-electron chi connectivity index (χ1n) is 21.7. The Labute approximate surface area is 313 Å². The van der Waals surface area contributed by atoms with E-state index < -0.39 is 49.5 Å². The van der Waals surface area contributed by atoms with Gasteiger partial charge in [0.15, 0.2) is 6.29 Å². The third-order valence-corrected chi connectivity index (χ3v) is 10.7. The Balaban J connectivity index is 2.03. The molecule has 1 aliphatic rings. The van der Waals surface area contributed by atoms with E-state index in [1.54, 1.807) is 0 Å². The number of carbonyl (C=O) groups is 1. The van der Waals surface area contributed by atoms with Crippen LogP contribution in [0.2, 0.25) is 0 Å². The Morgan fingerprint density at radius 1 is 0.588 bits per heavy atom. The summed E-state index contributed by atoms with van der Waals surface area (Å²) in [5.74, 6) is -0.177. The molecule has 1 fully saturated rings. The summed E-state index contributed by atoms with van der Waals surface area (Å²) in [5, 5.41) is 53.6. The maximum atomic E-state index is 12.5. The predicted octanol–water partition coefficient (Wildman–Crippen LogP) is 8.39. The van der Waals surface area contributed by atoms with Crippen LogP contribution in [0.15, 0.2) is 0 Å². The van der Waals surface area contributed by atoms with Crippen LogP contribution in [0.5, 0.6) is 0 Å². The average molecular weight is 730 g/mol. The van der Waals surface area contributed by atoms with Gasteiger partial charge in [0.05, 0.1) is 25.4 Å². The normalized spacial score (nSPS) is 21.9. The Bertz CT molecular complexity index is 771. The quantitative estimate of drug-likeness (QED) is 0.0353. The third-order valence-electron chi connectivity index (χ3n) is 10.7. The van der Waals surface area contributed by atoms with Crippen molar-refractivity contribution >= 4 is 5.91 Å². The molecule has 9 nitrogen and oxygen atoms in total. The van der Waals surface area contributed by atoms with Crippen molar-refractivity contribution in [1.29, 1.82) is 0 Å². The summed E-state index contributed by atoms with van der Waals surface area (Å²) in [6.45, 7) is 3.60. The van der Waals surface area contributed by atoms with Gasteiger partial charge >= 0.3 is 0 Å². The molecule has 7 unspecified atom stereocenters. The van der Waals surface area contributed by atoms with Crippen LogP contribution in [0.3, 0.4) is 0 Å². The Morgan fingerprint density at radius 2 is 0.980 bits per heavy atom. The summed E-state index contributed by atoms with van der Waals surface area (Å²) in [6, 6.07) is -0.707. The van der Waals surface area contributed by atoms with Crippen molar-refractivity contribution < 1.29 is 39.8 Å². The molecule has 51 heavy (non-hydrogen) atoms. The molecule has 304 valence electrons. The Kier molecular flexibility index (Phi) is 31.9. The van der Waals surface area contributed by atoms with Crippen LogP contribution in [0.25, 0.3) is 0 Å². The lowest BCUT2D eigenvalue weighted by Gasteiger charge is -2.40. The molecule has 0 aromatic heterocycles. The van der Waals surface area contributed by atoms with E-state index in [9.17, 15) is 30.3 Å². The van der Waals surface area contributed by atoms with Crippen molar-refractivity contribution in [3.63, 3.8) is 0 Å². The fraction of sp³-hybridized carbons (Fsp3) is 0.976. The zero-order valence-corrected chi connectivity index (χ0v) is 33.1. The number of nitrogens with one attached hydrogen (secondary N) is 1. The lowest BCUT2D eigenvalue weighted by atomic mass is 9.99. The molecule has 9 heteroatoms. The Hall–Kier alpha value is -0.810. The van der Waals surface area contributed by atoms with E-state index in [2.05, 4.69) is 12.2 Å². The molecular weight excluding hydrogens is 646 g/mol. The fourth-order valence-electron chi connectivity index (χ4n) is 7.14. The number of rotatable bonds is 36. The highest BCUT2D eigenvalue weighted by Gasteiger charge is 2.44. The summed E-state index contributed by atoms with van der Waals surface area (Å²) >= 11 is 0. The molecule has 1 amide bonds. The highest BCUT2D eigenvalue weighted by atomic mass is 16.7. The van der Waals surface area contributed by atoms with Gasteiger partial charge in [0.2, 0.25) is 5.91 Å². The van der Waals surface area contributed by atoms with Crippen LogP contribution in [-0.4, -0.2) is 87.5 Å². The van der Waals surface area contributed by atoms with Gasteiger partial charge in [0.25, 0.3) is 0 Å². The molecule has 1 rings (SSSR count). The van der Waals surface area contributed by atoms with Gasteiger partial charge in [-0.2, -0.15) is 0 Å². The minimum absolute atomic E-state index is 0.138. The molecule has 0 radical (unpaired) electrons. The fourth-order valence-corrected chi connectivity index (χ4v) is 7.14. The van der Waals surface area contributed by atoms with Gasteiger partial charge in [-0.05, 0) is 12.8 Å². The second-order valence-corrected chi connectivity index (χ2v) is 15.5. The number of ether oxygens (including phenoxy) is 2. The molecule has 0 bridgehead atoms. The van der Waals surface area contributed by atoms with E-state index in [-0.39, 0.29) is 12.5 Å². The lowest BCUT2D eigenvalue weighted by molar-refractivity contribution is -0.302. The standard InChI is InChI=1S/C42H83NO8/c1-3-5-7-8-9-10-11-12-13-14-15-16-17-18-19-20-21-22-23-24-25-26-27-28-29-30-31-36(45)35(43-38(46)32-6-4-2)34-50-42-41(49)40(48)39(47)37(33-44)51-42/h35-37,39-42,44-45,47-49H,3-34H2,1-2H3,(H,43,46). The second kappa shape index (κ2) is 33.7. The number of aliphatic hydroxyl groups excluding tert-OH is 5. The molecule has 1 saturated heterocycles. The molecule has 6 N–H and O–H groups in total. The van der Waals surface area contributed by atoms with Crippen molar-refractivity contribution in [2.45, 2.75) is 249 Å². The summed E-state index contributed by atoms with van der Waals surface area (Å²) in [7, 11) is 0. The topological polar surface area (TPSA) is 149 Å². The van der Waals surface area contributed by atoms with Crippen LogP contribution in [0.4, 0.5) is 0 Å². The first kappa shape index (κ1) is 48.2. The first-order valence-corrected chi connectivity index (χ1v) is 21.7. The van der Waals surface area contributed by atoms with Gasteiger partial charge in [0.1, 0.15) is 24.4 Å². The Morgan fingerprint density at radius 3 is 1.37 bits per heavy atom. The lowest BCUT2D eigenvalue weighted by Crippen LogP contribution is -2.60. The molecule has 0 aromatic carbocycles. The van der Waals surface area contributed by atoms with E-state index in [0.717, 1.165) is 32.1 Å². The van der Waals surface area contributed by atoms with Crippen LogP contribution in [-0.2, 0) is 14.3 Å². The third kappa shape index (κ3) is 25.0.